The van der Waals surface area contributed by atoms with Gasteiger partial charge in [0.15, 0.2) is 0 Å². The van der Waals surface area contributed by atoms with E-state index in [0.717, 1.165) is 16.9 Å². The van der Waals surface area contributed by atoms with Gasteiger partial charge in [-0.15, -0.1) is 0 Å². The van der Waals surface area contributed by atoms with Crippen molar-refractivity contribution >= 4 is 46.2 Å². The molecule has 3 rings (SSSR count). The van der Waals surface area contributed by atoms with Crippen LogP contribution in [-0.4, -0.2) is 16.8 Å². The summed E-state index contributed by atoms with van der Waals surface area (Å²) in [5, 5.41) is 9.40. The molecular formula is C21H19ClN4O2. The van der Waals surface area contributed by atoms with Crippen molar-refractivity contribution in [2.45, 2.75) is 13.8 Å². The SMILES string of the molecule is CC(=O)Nc1ccc(NC(=O)c2cc(Nc3ccc(Cl)cc3C)ccn2)cc1. The highest BCUT2D eigenvalue weighted by Crippen LogP contribution is 2.24. The first-order valence-corrected chi connectivity index (χ1v) is 8.97. The molecule has 28 heavy (non-hydrogen) atoms. The second-order valence-corrected chi connectivity index (χ2v) is 6.66. The second-order valence-electron chi connectivity index (χ2n) is 6.23. The van der Waals surface area contributed by atoms with E-state index in [-0.39, 0.29) is 17.5 Å². The molecule has 2 aromatic carbocycles. The van der Waals surface area contributed by atoms with Gasteiger partial charge in [0.25, 0.3) is 5.91 Å². The van der Waals surface area contributed by atoms with E-state index in [4.69, 9.17) is 11.6 Å². The minimum atomic E-state index is -0.330. The minimum absolute atomic E-state index is 0.152. The lowest BCUT2D eigenvalue weighted by Crippen LogP contribution is -2.14. The van der Waals surface area contributed by atoms with Crippen LogP contribution in [0.15, 0.2) is 60.8 Å². The topological polar surface area (TPSA) is 83.1 Å². The number of carbonyl (C=O) groups is 2. The summed E-state index contributed by atoms with van der Waals surface area (Å²) >= 11 is 5.99. The van der Waals surface area contributed by atoms with Gasteiger partial charge in [-0.2, -0.15) is 0 Å². The van der Waals surface area contributed by atoms with Crippen LogP contribution >= 0.6 is 11.6 Å². The average Bonchev–Trinajstić information content (AvgIpc) is 2.65. The van der Waals surface area contributed by atoms with E-state index in [1.807, 2.05) is 19.1 Å². The lowest BCUT2D eigenvalue weighted by atomic mass is 10.2. The lowest BCUT2D eigenvalue weighted by molar-refractivity contribution is -0.114. The normalized spacial score (nSPS) is 10.2. The maximum atomic E-state index is 12.5. The Morgan fingerprint density at radius 2 is 1.57 bits per heavy atom. The van der Waals surface area contributed by atoms with E-state index in [9.17, 15) is 9.59 Å². The van der Waals surface area contributed by atoms with Gasteiger partial charge in [0, 0.05) is 40.9 Å². The second kappa shape index (κ2) is 8.54. The van der Waals surface area contributed by atoms with Crippen molar-refractivity contribution in [2.75, 3.05) is 16.0 Å². The van der Waals surface area contributed by atoms with Crippen LogP contribution in [0.4, 0.5) is 22.7 Å². The largest absolute Gasteiger partial charge is 0.355 e. The highest BCUT2D eigenvalue weighted by molar-refractivity contribution is 6.30. The molecule has 0 saturated heterocycles. The molecule has 6 nitrogen and oxygen atoms in total. The molecule has 0 radical (unpaired) electrons. The molecule has 0 unspecified atom stereocenters. The molecule has 2 amide bonds. The van der Waals surface area contributed by atoms with Crippen LogP contribution in [-0.2, 0) is 4.79 Å². The number of hydrogen-bond donors (Lipinski definition) is 3. The van der Waals surface area contributed by atoms with Gasteiger partial charge >= 0.3 is 0 Å². The van der Waals surface area contributed by atoms with Gasteiger partial charge in [-0.05, 0) is 67.1 Å². The number of benzene rings is 2. The Morgan fingerprint density at radius 1 is 0.893 bits per heavy atom. The number of halogens is 1. The van der Waals surface area contributed by atoms with Gasteiger partial charge in [-0.25, -0.2) is 0 Å². The van der Waals surface area contributed by atoms with Crippen molar-refractivity contribution < 1.29 is 9.59 Å². The summed E-state index contributed by atoms with van der Waals surface area (Å²) < 4.78 is 0. The van der Waals surface area contributed by atoms with Gasteiger partial charge in [-0.1, -0.05) is 11.6 Å². The van der Waals surface area contributed by atoms with Crippen LogP contribution in [0.1, 0.15) is 23.0 Å². The number of pyridine rings is 1. The molecular weight excluding hydrogens is 376 g/mol. The van der Waals surface area contributed by atoms with Gasteiger partial charge in [0.2, 0.25) is 5.91 Å². The van der Waals surface area contributed by atoms with Gasteiger partial charge in [0.1, 0.15) is 5.69 Å². The molecule has 0 aliphatic heterocycles. The quantitative estimate of drug-likeness (QED) is 0.568. The van der Waals surface area contributed by atoms with Crippen molar-refractivity contribution in [3.05, 3.63) is 77.1 Å². The average molecular weight is 395 g/mol. The Balaban J connectivity index is 1.70. The van der Waals surface area contributed by atoms with Crippen LogP contribution in [0.25, 0.3) is 0 Å². The molecule has 1 aromatic heterocycles. The molecule has 142 valence electrons. The molecule has 0 atom stereocenters. The zero-order valence-electron chi connectivity index (χ0n) is 15.4. The van der Waals surface area contributed by atoms with E-state index < -0.39 is 0 Å². The molecule has 7 heteroatoms. The first kappa shape index (κ1) is 19.4. The van der Waals surface area contributed by atoms with E-state index in [1.54, 1.807) is 48.7 Å². The van der Waals surface area contributed by atoms with E-state index in [2.05, 4.69) is 20.9 Å². The standard InChI is InChI=1S/C21H19ClN4O2/c1-13-11-15(22)3-8-19(13)25-18-9-10-23-20(12-18)21(28)26-17-6-4-16(5-7-17)24-14(2)27/h3-12H,1-2H3,(H,23,25)(H,24,27)(H,26,28). The van der Waals surface area contributed by atoms with Crippen LogP contribution in [0.3, 0.4) is 0 Å². The number of amides is 2. The minimum Gasteiger partial charge on any atom is -0.355 e. The first-order valence-electron chi connectivity index (χ1n) is 8.59. The zero-order valence-corrected chi connectivity index (χ0v) is 16.2. The Morgan fingerprint density at radius 3 is 2.21 bits per heavy atom. The Bertz CT molecular complexity index is 1020. The maximum Gasteiger partial charge on any atom is 0.274 e. The van der Waals surface area contributed by atoms with Crippen molar-refractivity contribution in [3.8, 4) is 0 Å². The molecule has 3 N–H and O–H groups in total. The number of aryl methyl sites for hydroxylation is 1. The fraction of sp³-hybridized carbons (Fsp3) is 0.0952. The molecule has 0 bridgehead atoms. The summed E-state index contributed by atoms with van der Waals surface area (Å²) in [5.74, 6) is -0.482. The van der Waals surface area contributed by atoms with E-state index in [1.165, 1.54) is 6.92 Å². The highest BCUT2D eigenvalue weighted by Gasteiger charge is 2.09. The predicted octanol–water partition coefficient (Wildman–Crippen LogP) is 5.00. The zero-order chi connectivity index (χ0) is 20.1. The fourth-order valence-corrected chi connectivity index (χ4v) is 2.82. The van der Waals surface area contributed by atoms with Crippen molar-refractivity contribution in [1.82, 2.24) is 4.98 Å². The number of nitrogens with one attached hydrogen (secondary N) is 3. The first-order chi connectivity index (χ1) is 13.4. The van der Waals surface area contributed by atoms with E-state index in [0.29, 0.717) is 16.4 Å². The third kappa shape index (κ3) is 5.08. The van der Waals surface area contributed by atoms with Crippen molar-refractivity contribution in [3.63, 3.8) is 0 Å². The summed E-state index contributed by atoms with van der Waals surface area (Å²) in [6.07, 6.45) is 1.57. The number of hydrogen-bond acceptors (Lipinski definition) is 4. The summed E-state index contributed by atoms with van der Waals surface area (Å²) in [6, 6.07) is 15.9. The third-order valence-corrected chi connectivity index (χ3v) is 4.16. The molecule has 3 aromatic rings. The summed E-state index contributed by atoms with van der Waals surface area (Å²) in [6.45, 7) is 3.39. The van der Waals surface area contributed by atoms with Gasteiger partial charge in [0.05, 0.1) is 0 Å². The number of nitrogens with zero attached hydrogens (tertiary/aromatic N) is 1. The van der Waals surface area contributed by atoms with Gasteiger partial charge in [-0.3, -0.25) is 14.6 Å². The highest BCUT2D eigenvalue weighted by atomic mass is 35.5. The predicted molar refractivity (Wildman–Crippen MR) is 112 cm³/mol. The fourth-order valence-electron chi connectivity index (χ4n) is 2.59. The van der Waals surface area contributed by atoms with Crippen molar-refractivity contribution in [2.24, 2.45) is 0 Å². The molecule has 1 heterocycles. The molecule has 0 aliphatic rings. The lowest BCUT2D eigenvalue weighted by Gasteiger charge is -2.11. The van der Waals surface area contributed by atoms with Crippen LogP contribution in [0.5, 0.6) is 0 Å². The molecule has 0 fully saturated rings. The van der Waals surface area contributed by atoms with Crippen LogP contribution < -0.4 is 16.0 Å². The number of carbonyl (C=O) groups excluding carboxylic acids is 2. The summed E-state index contributed by atoms with van der Waals surface area (Å²) in [5.41, 5.74) is 4.18. The van der Waals surface area contributed by atoms with Gasteiger partial charge < -0.3 is 16.0 Å². The molecule has 0 aliphatic carbocycles. The summed E-state index contributed by atoms with van der Waals surface area (Å²) in [4.78, 5) is 27.7. The monoisotopic (exact) mass is 394 g/mol. The Labute approximate surface area is 168 Å². The molecule has 0 saturated carbocycles. The van der Waals surface area contributed by atoms with Crippen molar-refractivity contribution in [1.29, 1.82) is 0 Å². The smallest absolute Gasteiger partial charge is 0.274 e. The molecule has 0 spiro atoms. The Hall–Kier alpha value is -3.38. The van der Waals surface area contributed by atoms with Crippen LogP contribution in [0.2, 0.25) is 5.02 Å². The number of aromatic nitrogens is 1. The number of rotatable bonds is 5. The third-order valence-electron chi connectivity index (χ3n) is 3.92. The van der Waals surface area contributed by atoms with E-state index >= 15 is 0 Å². The van der Waals surface area contributed by atoms with Crippen LogP contribution in [0, 0.1) is 6.92 Å². The summed E-state index contributed by atoms with van der Waals surface area (Å²) in [7, 11) is 0. The Kier molecular flexibility index (Phi) is 5.91. The number of anilines is 4. The maximum absolute atomic E-state index is 12.5.